The van der Waals surface area contributed by atoms with Crippen LogP contribution in [0.1, 0.15) is 29.2 Å². The van der Waals surface area contributed by atoms with Gasteiger partial charge in [-0.3, -0.25) is 4.79 Å². The Morgan fingerprint density at radius 3 is 2.06 bits per heavy atom. The summed E-state index contributed by atoms with van der Waals surface area (Å²) in [7, 11) is -4.11. The van der Waals surface area contributed by atoms with E-state index in [-0.39, 0.29) is 10.6 Å². The molecule has 0 atom stereocenters. The highest BCUT2D eigenvalue weighted by Crippen LogP contribution is 2.26. The second-order valence-electron chi connectivity index (χ2n) is 7.55. The number of sulfonamides is 1. The number of anilines is 1. The first-order chi connectivity index (χ1) is 14.7. The molecule has 0 saturated heterocycles. The molecule has 162 valence electrons. The van der Waals surface area contributed by atoms with Crippen LogP contribution in [-0.2, 0) is 21.2 Å². The standard InChI is InChI=1S/C25H27NO4S/c1-5-21-9-11-22(12-10-21)26(31(28,29)23-13-6-18(2)7-14-23)25(27)17-30-24-15-8-19(3)16-20(24)4/h6-16H,5,17H2,1-4H3. The smallest absolute Gasteiger partial charge is 0.278 e. The fourth-order valence-corrected chi connectivity index (χ4v) is 4.67. The molecule has 0 heterocycles. The van der Waals surface area contributed by atoms with E-state index in [4.69, 9.17) is 4.74 Å². The Morgan fingerprint density at radius 2 is 1.48 bits per heavy atom. The number of ether oxygens (including phenoxy) is 1. The van der Waals surface area contributed by atoms with Gasteiger partial charge in [-0.15, -0.1) is 0 Å². The largest absolute Gasteiger partial charge is 0.483 e. The van der Waals surface area contributed by atoms with Crippen LogP contribution in [0.15, 0.2) is 71.6 Å². The molecule has 0 bridgehead atoms. The quantitative estimate of drug-likeness (QED) is 0.523. The number of amides is 1. The highest BCUT2D eigenvalue weighted by molar-refractivity contribution is 7.93. The third-order valence-corrected chi connectivity index (χ3v) is 6.81. The summed E-state index contributed by atoms with van der Waals surface area (Å²) in [6.07, 6.45) is 0.814. The summed E-state index contributed by atoms with van der Waals surface area (Å²) in [6.45, 7) is 7.35. The molecule has 3 rings (SSSR count). The third kappa shape index (κ3) is 5.14. The van der Waals surface area contributed by atoms with Gasteiger partial charge in [-0.05, 0) is 68.7 Å². The van der Waals surface area contributed by atoms with E-state index >= 15 is 0 Å². The number of aryl methyl sites for hydroxylation is 4. The van der Waals surface area contributed by atoms with E-state index in [2.05, 4.69) is 0 Å². The molecule has 0 unspecified atom stereocenters. The topological polar surface area (TPSA) is 63.7 Å². The average molecular weight is 438 g/mol. The number of rotatable bonds is 7. The van der Waals surface area contributed by atoms with Crippen molar-refractivity contribution in [3.05, 3.63) is 89.0 Å². The Bertz CT molecular complexity index is 1170. The van der Waals surface area contributed by atoms with Crippen LogP contribution < -0.4 is 9.04 Å². The van der Waals surface area contributed by atoms with Crippen molar-refractivity contribution in [1.82, 2.24) is 0 Å². The molecule has 31 heavy (non-hydrogen) atoms. The molecule has 5 nitrogen and oxygen atoms in total. The number of carbonyl (C=O) groups excluding carboxylic acids is 1. The minimum Gasteiger partial charge on any atom is -0.483 e. The van der Waals surface area contributed by atoms with Gasteiger partial charge in [0, 0.05) is 0 Å². The van der Waals surface area contributed by atoms with Crippen molar-refractivity contribution in [3.8, 4) is 5.75 Å². The van der Waals surface area contributed by atoms with Crippen molar-refractivity contribution < 1.29 is 17.9 Å². The third-order valence-electron chi connectivity index (χ3n) is 5.05. The van der Waals surface area contributed by atoms with Crippen molar-refractivity contribution in [3.63, 3.8) is 0 Å². The summed E-state index contributed by atoms with van der Waals surface area (Å²) < 4.78 is 33.4. The number of nitrogens with zero attached hydrogens (tertiary/aromatic N) is 1. The van der Waals surface area contributed by atoms with Crippen LogP contribution in [0.5, 0.6) is 5.75 Å². The Morgan fingerprint density at radius 1 is 0.871 bits per heavy atom. The zero-order chi connectivity index (χ0) is 22.6. The molecule has 0 aliphatic carbocycles. The van der Waals surface area contributed by atoms with Gasteiger partial charge < -0.3 is 4.74 Å². The molecule has 0 radical (unpaired) electrons. The van der Waals surface area contributed by atoms with Crippen molar-refractivity contribution in [2.75, 3.05) is 10.9 Å². The van der Waals surface area contributed by atoms with Gasteiger partial charge in [0.25, 0.3) is 15.9 Å². The molecule has 0 spiro atoms. The lowest BCUT2D eigenvalue weighted by molar-refractivity contribution is -0.119. The van der Waals surface area contributed by atoms with E-state index in [9.17, 15) is 13.2 Å². The predicted octanol–water partition coefficient (Wildman–Crippen LogP) is 4.98. The maximum absolute atomic E-state index is 13.4. The monoisotopic (exact) mass is 437 g/mol. The SMILES string of the molecule is CCc1ccc(N(C(=O)COc2ccc(C)cc2C)S(=O)(=O)c2ccc(C)cc2)cc1. The molecule has 6 heteroatoms. The Labute approximate surface area is 184 Å². The molecule has 0 aromatic heterocycles. The summed E-state index contributed by atoms with van der Waals surface area (Å²) >= 11 is 0. The maximum Gasteiger partial charge on any atom is 0.278 e. The molecule has 0 saturated carbocycles. The van der Waals surface area contributed by atoms with Crippen molar-refractivity contribution in [2.24, 2.45) is 0 Å². The highest BCUT2D eigenvalue weighted by Gasteiger charge is 2.31. The second kappa shape index (κ2) is 9.35. The normalized spacial score (nSPS) is 11.2. The van der Waals surface area contributed by atoms with Gasteiger partial charge in [0.1, 0.15) is 5.75 Å². The molecule has 0 aliphatic heterocycles. The lowest BCUT2D eigenvalue weighted by atomic mass is 10.1. The van der Waals surface area contributed by atoms with Gasteiger partial charge in [0.15, 0.2) is 6.61 Å². The number of carbonyl (C=O) groups is 1. The van der Waals surface area contributed by atoms with Crippen LogP contribution in [0.2, 0.25) is 0 Å². The van der Waals surface area contributed by atoms with Crippen molar-refractivity contribution in [1.29, 1.82) is 0 Å². The van der Waals surface area contributed by atoms with Crippen LogP contribution in [-0.4, -0.2) is 20.9 Å². The van der Waals surface area contributed by atoms with E-state index in [1.807, 2.05) is 52.0 Å². The summed E-state index contributed by atoms with van der Waals surface area (Å²) in [5, 5.41) is 0. The zero-order valence-corrected chi connectivity index (χ0v) is 19.1. The fourth-order valence-electron chi connectivity index (χ4n) is 3.26. The van der Waals surface area contributed by atoms with Gasteiger partial charge in [-0.2, -0.15) is 4.31 Å². The maximum atomic E-state index is 13.4. The molecule has 0 N–H and O–H groups in total. The van der Waals surface area contributed by atoms with Crippen LogP contribution >= 0.6 is 0 Å². The summed E-state index contributed by atoms with van der Waals surface area (Å²) in [5.74, 6) is -0.113. The number of hydrogen-bond donors (Lipinski definition) is 0. The van der Waals surface area contributed by atoms with Crippen LogP contribution in [0.25, 0.3) is 0 Å². The first kappa shape index (κ1) is 22.6. The molecule has 1 amide bonds. The Kier molecular flexibility index (Phi) is 6.81. The summed E-state index contributed by atoms with van der Waals surface area (Å²) in [5.41, 5.74) is 4.23. The first-order valence-corrected chi connectivity index (χ1v) is 11.6. The lowest BCUT2D eigenvalue weighted by Gasteiger charge is -2.23. The van der Waals surface area contributed by atoms with Crippen LogP contribution in [0.3, 0.4) is 0 Å². The van der Waals surface area contributed by atoms with Crippen LogP contribution in [0, 0.1) is 20.8 Å². The molecule has 3 aromatic carbocycles. The number of benzene rings is 3. The fraction of sp³-hybridized carbons (Fsp3) is 0.240. The molecular formula is C25H27NO4S. The van der Waals surface area contributed by atoms with Gasteiger partial charge in [0.05, 0.1) is 10.6 Å². The number of hydrogen-bond acceptors (Lipinski definition) is 4. The summed E-state index contributed by atoms with van der Waals surface area (Å²) in [4.78, 5) is 13.2. The van der Waals surface area contributed by atoms with Crippen LogP contribution in [0.4, 0.5) is 5.69 Å². The predicted molar refractivity (Wildman–Crippen MR) is 123 cm³/mol. The van der Waals surface area contributed by atoms with E-state index < -0.39 is 22.5 Å². The highest BCUT2D eigenvalue weighted by atomic mass is 32.2. The van der Waals surface area contributed by atoms with E-state index in [0.717, 1.165) is 33.0 Å². The molecular weight excluding hydrogens is 410 g/mol. The Balaban J connectivity index is 1.96. The van der Waals surface area contributed by atoms with E-state index in [1.165, 1.54) is 12.1 Å². The minimum atomic E-state index is -4.11. The van der Waals surface area contributed by atoms with E-state index in [0.29, 0.717) is 5.75 Å². The van der Waals surface area contributed by atoms with Crippen molar-refractivity contribution in [2.45, 2.75) is 39.0 Å². The van der Waals surface area contributed by atoms with Crippen molar-refractivity contribution >= 4 is 21.6 Å². The van der Waals surface area contributed by atoms with Gasteiger partial charge in [-0.1, -0.05) is 54.4 Å². The first-order valence-electron chi connectivity index (χ1n) is 10.2. The van der Waals surface area contributed by atoms with Gasteiger partial charge in [0.2, 0.25) is 0 Å². The molecule has 3 aromatic rings. The second-order valence-corrected chi connectivity index (χ2v) is 9.34. The minimum absolute atomic E-state index is 0.0533. The lowest BCUT2D eigenvalue weighted by Crippen LogP contribution is -2.40. The Hall–Kier alpha value is -3.12. The average Bonchev–Trinajstić information content (AvgIpc) is 2.74. The molecule has 0 fully saturated rings. The van der Waals surface area contributed by atoms with E-state index in [1.54, 1.807) is 30.3 Å². The van der Waals surface area contributed by atoms with Gasteiger partial charge in [-0.25, -0.2) is 8.42 Å². The molecule has 0 aliphatic rings. The van der Waals surface area contributed by atoms with Gasteiger partial charge >= 0.3 is 0 Å². The summed E-state index contributed by atoms with van der Waals surface area (Å²) in [6, 6.07) is 19.0. The zero-order valence-electron chi connectivity index (χ0n) is 18.3.